The number of hydrogen-bond acceptors (Lipinski definition) is 6. The van der Waals surface area contributed by atoms with Crippen molar-refractivity contribution in [3.8, 4) is 0 Å². The average molecular weight is 375 g/mol. The Labute approximate surface area is 162 Å². The molecule has 4 aromatic rings. The van der Waals surface area contributed by atoms with E-state index < -0.39 is 0 Å². The molecule has 1 aliphatic carbocycles. The lowest BCUT2D eigenvalue weighted by molar-refractivity contribution is 0.0951. The molecule has 1 saturated carbocycles. The molecule has 0 radical (unpaired) electrons. The third kappa shape index (κ3) is 3.48. The first kappa shape index (κ1) is 17.8. The van der Waals surface area contributed by atoms with E-state index in [4.69, 9.17) is 0 Å². The van der Waals surface area contributed by atoms with Crippen LogP contribution < -0.4 is 10.6 Å². The number of aromatic nitrogens is 5. The fraction of sp³-hybridized carbons (Fsp3) is 0.250. The van der Waals surface area contributed by atoms with Gasteiger partial charge in [-0.05, 0) is 59.7 Å². The zero-order valence-electron chi connectivity index (χ0n) is 15.8. The van der Waals surface area contributed by atoms with Crippen molar-refractivity contribution in [2.45, 2.75) is 32.7 Å². The van der Waals surface area contributed by atoms with E-state index in [1.807, 2.05) is 50.2 Å². The highest BCUT2D eigenvalue weighted by molar-refractivity contribution is 5.95. The van der Waals surface area contributed by atoms with Gasteiger partial charge < -0.3 is 10.6 Å². The van der Waals surface area contributed by atoms with Gasteiger partial charge in [0.1, 0.15) is 0 Å². The smallest absolute Gasteiger partial charge is 0.251 e. The number of rotatable bonds is 4. The molecule has 0 bridgehead atoms. The van der Waals surface area contributed by atoms with E-state index in [2.05, 4.69) is 31.1 Å². The molecule has 1 amide bonds. The number of carbonyl (C=O) groups is 1. The molecule has 8 heteroatoms. The van der Waals surface area contributed by atoms with Gasteiger partial charge in [-0.15, -0.1) is 5.10 Å². The Kier molecular flexibility index (Phi) is 4.84. The highest BCUT2D eigenvalue weighted by Gasteiger charge is 2.23. The SMILES string of the molecule is CC.O=C(NC1CC1)c1ccc(Nc2nc3ccccc3n3nnnc23)cc1. The van der Waals surface area contributed by atoms with Gasteiger partial charge in [0.15, 0.2) is 5.82 Å². The average Bonchev–Trinajstić information content (AvgIpc) is 3.41. The van der Waals surface area contributed by atoms with Gasteiger partial charge in [0.05, 0.1) is 11.0 Å². The lowest BCUT2D eigenvalue weighted by atomic mass is 10.2. The minimum atomic E-state index is -0.0353. The predicted molar refractivity (Wildman–Crippen MR) is 108 cm³/mol. The van der Waals surface area contributed by atoms with E-state index in [0.29, 0.717) is 23.1 Å². The molecule has 1 fully saturated rings. The van der Waals surface area contributed by atoms with Crippen LogP contribution in [0, 0.1) is 0 Å². The minimum absolute atomic E-state index is 0.0353. The second-order valence-electron chi connectivity index (χ2n) is 6.31. The van der Waals surface area contributed by atoms with Gasteiger partial charge in [-0.1, -0.05) is 26.0 Å². The molecule has 2 N–H and O–H groups in total. The Balaban J connectivity index is 0.000000932. The Morgan fingerprint density at radius 2 is 1.82 bits per heavy atom. The van der Waals surface area contributed by atoms with Gasteiger partial charge in [0.25, 0.3) is 5.91 Å². The Morgan fingerprint density at radius 3 is 2.57 bits per heavy atom. The quantitative estimate of drug-likeness (QED) is 0.568. The number of para-hydroxylation sites is 2. The number of carbonyl (C=O) groups excluding carboxylic acids is 1. The maximum Gasteiger partial charge on any atom is 0.251 e. The van der Waals surface area contributed by atoms with Crippen LogP contribution in [0.5, 0.6) is 0 Å². The topological polar surface area (TPSA) is 97.1 Å². The minimum Gasteiger partial charge on any atom is -0.349 e. The van der Waals surface area contributed by atoms with Gasteiger partial charge in [0, 0.05) is 17.3 Å². The van der Waals surface area contributed by atoms with E-state index in [1.165, 1.54) is 0 Å². The summed E-state index contributed by atoms with van der Waals surface area (Å²) in [6.07, 6.45) is 2.14. The summed E-state index contributed by atoms with van der Waals surface area (Å²) in [7, 11) is 0. The fourth-order valence-electron chi connectivity index (χ4n) is 2.83. The van der Waals surface area contributed by atoms with Crippen LogP contribution in [0.25, 0.3) is 16.7 Å². The molecule has 8 nitrogen and oxygen atoms in total. The first-order valence-electron chi connectivity index (χ1n) is 9.43. The lowest BCUT2D eigenvalue weighted by Crippen LogP contribution is -2.25. The second-order valence-corrected chi connectivity index (χ2v) is 6.31. The molecule has 2 heterocycles. The maximum atomic E-state index is 12.1. The standard InChI is InChI=1S/C18H15N7O.C2H6/c26-18(20-13-9-10-13)11-5-7-12(8-6-11)19-16-17-22-23-24-25(17)15-4-2-1-3-14(15)21-16;1-2/h1-8,13H,9-10H2,(H,19,21)(H,20,26);1-2H3. The second kappa shape index (κ2) is 7.59. The van der Waals surface area contributed by atoms with Crippen LogP contribution in [-0.2, 0) is 0 Å². The van der Waals surface area contributed by atoms with Crippen LogP contribution >= 0.6 is 0 Å². The molecule has 2 aromatic heterocycles. The summed E-state index contributed by atoms with van der Waals surface area (Å²) in [6, 6.07) is 15.3. The van der Waals surface area contributed by atoms with E-state index in [0.717, 1.165) is 29.6 Å². The zero-order chi connectivity index (χ0) is 19.5. The molecule has 2 aromatic carbocycles. The highest BCUT2D eigenvalue weighted by atomic mass is 16.1. The molecule has 0 spiro atoms. The molecule has 28 heavy (non-hydrogen) atoms. The molecule has 0 unspecified atom stereocenters. The molecule has 0 aliphatic heterocycles. The number of amides is 1. The van der Waals surface area contributed by atoms with Crippen LogP contribution in [0.15, 0.2) is 48.5 Å². The Morgan fingerprint density at radius 1 is 1.07 bits per heavy atom. The first-order valence-corrected chi connectivity index (χ1v) is 9.43. The predicted octanol–water partition coefficient (Wildman–Crippen LogP) is 3.33. The summed E-state index contributed by atoms with van der Waals surface area (Å²) in [5.41, 5.74) is 3.61. The van der Waals surface area contributed by atoms with Gasteiger partial charge >= 0.3 is 0 Å². The van der Waals surface area contributed by atoms with Gasteiger partial charge in [0.2, 0.25) is 5.65 Å². The van der Waals surface area contributed by atoms with Crippen LogP contribution in [0.1, 0.15) is 37.0 Å². The van der Waals surface area contributed by atoms with E-state index >= 15 is 0 Å². The van der Waals surface area contributed by atoms with Crippen molar-refractivity contribution in [3.63, 3.8) is 0 Å². The van der Waals surface area contributed by atoms with Crippen molar-refractivity contribution in [2.75, 3.05) is 5.32 Å². The summed E-state index contributed by atoms with van der Waals surface area (Å²) in [5.74, 6) is 0.524. The summed E-state index contributed by atoms with van der Waals surface area (Å²) >= 11 is 0. The van der Waals surface area contributed by atoms with Gasteiger partial charge in [-0.3, -0.25) is 4.79 Å². The van der Waals surface area contributed by atoms with Crippen LogP contribution in [-0.4, -0.2) is 37.0 Å². The lowest BCUT2D eigenvalue weighted by Gasteiger charge is -2.09. The number of nitrogens with zero attached hydrogens (tertiary/aromatic N) is 5. The van der Waals surface area contributed by atoms with Crippen LogP contribution in [0.3, 0.4) is 0 Å². The van der Waals surface area contributed by atoms with Crippen molar-refractivity contribution < 1.29 is 4.79 Å². The summed E-state index contributed by atoms with van der Waals surface area (Å²) in [6.45, 7) is 4.00. The summed E-state index contributed by atoms with van der Waals surface area (Å²) < 4.78 is 1.65. The fourth-order valence-corrected chi connectivity index (χ4v) is 2.83. The number of benzene rings is 2. The van der Waals surface area contributed by atoms with Crippen molar-refractivity contribution in [1.82, 2.24) is 30.3 Å². The van der Waals surface area contributed by atoms with Gasteiger partial charge in [-0.2, -0.15) is 4.52 Å². The Hall–Kier alpha value is -3.55. The third-order valence-corrected chi connectivity index (χ3v) is 4.35. The molecule has 5 rings (SSSR count). The zero-order valence-corrected chi connectivity index (χ0v) is 15.8. The van der Waals surface area contributed by atoms with Crippen molar-refractivity contribution in [1.29, 1.82) is 0 Å². The Bertz CT molecular complexity index is 1120. The molecule has 0 saturated heterocycles. The third-order valence-electron chi connectivity index (χ3n) is 4.35. The number of fused-ring (bicyclic) bond motifs is 3. The molecule has 142 valence electrons. The van der Waals surface area contributed by atoms with Gasteiger partial charge in [-0.25, -0.2) is 4.98 Å². The normalized spacial score (nSPS) is 13.1. The summed E-state index contributed by atoms with van der Waals surface area (Å²) in [4.78, 5) is 16.7. The van der Waals surface area contributed by atoms with Crippen molar-refractivity contribution in [3.05, 3.63) is 54.1 Å². The number of anilines is 2. The largest absolute Gasteiger partial charge is 0.349 e. The van der Waals surface area contributed by atoms with Crippen LogP contribution in [0.2, 0.25) is 0 Å². The summed E-state index contributed by atoms with van der Waals surface area (Å²) in [5, 5.41) is 18.1. The maximum absolute atomic E-state index is 12.1. The molecular formula is C20H21N7O. The number of hydrogen-bond donors (Lipinski definition) is 2. The molecule has 0 atom stereocenters. The van der Waals surface area contributed by atoms with Crippen molar-refractivity contribution in [2.24, 2.45) is 0 Å². The monoisotopic (exact) mass is 375 g/mol. The van der Waals surface area contributed by atoms with E-state index in [-0.39, 0.29) is 5.91 Å². The van der Waals surface area contributed by atoms with E-state index in [1.54, 1.807) is 16.6 Å². The van der Waals surface area contributed by atoms with Crippen molar-refractivity contribution >= 4 is 34.1 Å². The first-order chi connectivity index (χ1) is 13.8. The number of nitrogens with one attached hydrogen (secondary N) is 2. The molecule has 1 aliphatic rings. The molecular weight excluding hydrogens is 354 g/mol. The van der Waals surface area contributed by atoms with E-state index in [9.17, 15) is 4.79 Å². The van der Waals surface area contributed by atoms with Crippen LogP contribution in [0.4, 0.5) is 11.5 Å². The number of tetrazole rings is 1. The highest BCUT2D eigenvalue weighted by Crippen LogP contribution is 2.23.